The lowest BCUT2D eigenvalue weighted by molar-refractivity contribution is -0.144. The van der Waals surface area contributed by atoms with E-state index in [1.807, 2.05) is 0 Å². The molecule has 25 heavy (non-hydrogen) atoms. The van der Waals surface area contributed by atoms with Crippen LogP contribution in [-0.4, -0.2) is 32.4 Å². The van der Waals surface area contributed by atoms with E-state index >= 15 is 0 Å². The fourth-order valence-corrected chi connectivity index (χ4v) is 2.47. The molecule has 0 aliphatic heterocycles. The van der Waals surface area contributed by atoms with E-state index in [1.165, 1.54) is 6.92 Å². The van der Waals surface area contributed by atoms with Gasteiger partial charge in [0.1, 0.15) is 5.69 Å². The molecule has 0 radical (unpaired) electrons. The highest BCUT2D eigenvalue weighted by Crippen LogP contribution is 2.30. The van der Waals surface area contributed by atoms with Gasteiger partial charge in [0.25, 0.3) is 5.56 Å². The van der Waals surface area contributed by atoms with Crippen molar-refractivity contribution in [2.75, 3.05) is 6.54 Å². The summed E-state index contributed by atoms with van der Waals surface area (Å²) in [7, 11) is 0. The number of carbonyl (C=O) groups is 1. The molecule has 0 aromatic carbocycles. The number of H-pyrrole nitrogens is 2. The monoisotopic (exact) mass is 359 g/mol. The summed E-state index contributed by atoms with van der Waals surface area (Å²) in [5, 5.41) is 11.5. The minimum atomic E-state index is -4.48. The van der Waals surface area contributed by atoms with Gasteiger partial charge in [-0.25, -0.2) is 0 Å². The Hall–Kier alpha value is -2.52. The maximum atomic E-state index is 12.9. The van der Waals surface area contributed by atoms with Crippen molar-refractivity contribution in [3.05, 3.63) is 39.1 Å². The van der Waals surface area contributed by atoms with E-state index < -0.39 is 11.9 Å². The lowest BCUT2D eigenvalue weighted by Crippen LogP contribution is -2.32. The third kappa shape index (κ3) is 4.74. The van der Waals surface area contributed by atoms with Crippen molar-refractivity contribution in [3.63, 3.8) is 0 Å². The molecule has 10 heteroatoms. The first-order valence-corrected chi connectivity index (χ1v) is 7.72. The molecule has 7 nitrogen and oxygen atoms in total. The molecule has 3 N–H and O–H groups in total. The van der Waals surface area contributed by atoms with Crippen LogP contribution in [0.4, 0.5) is 13.2 Å². The van der Waals surface area contributed by atoms with E-state index in [2.05, 4.69) is 20.6 Å². The molecule has 2 aromatic rings. The van der Waals surface area contributed by atoms with Crippen molar-refractivity contribution in [1.29, 1.82) is 0 Å². The number of nitrogens with one attached hydrogen (secondary N) is 3. The fourth-order valence-electron chi connectivity index (χ4n) is 2.47. The Bertz CT molecular complexity index is 803. The zero-order valence-corrected chi connectivity index (χ0v) is 14.1. The molecule has 0 spiro atoms. The first-order valence-electron chi connectivity index (χ1n) is 7.72. The molecular formula is C15H20F3N5O2. The van der Waals surface area contributed by atoms with E-state index in [0.717, 1.165) is 10.7 Å². The number of nitrogens with zero attached hydrogens (tertiary/aromatic N) is 2. The molecule has 0 unspecified atom stereocenters. The predicted octanol–water partition coefficient (Wildman–Crippen LogP) is 1.53. The van der Waals surface area contributed by atoms with Crippen LogP contribution in [0.15, 0.2) is 10.9 Å². The van der Waals surface area contributed by atoms with Gasteiger partial charge in [0, 0.05) is 24.3 Å². The summed E-state index contributed by atoms with van der Waals surface area (Å²) in [5.74, 6) is -0.636. The van der Waals surface area contributed by atoms with Crippen LogP contribution in [0.25, 0.3) is 0 Å². The van der Waals surface area contributed by atoms with Crippen molar-refractivity contribution in [2.45, 2.75) is 39.9 Å². The van der Waals surface area contributed by atoms with Crippen LogP contribution >= 0.6 is 0 Å². The lowest BCUT2D eigenvalue weighted by Gasteiger charge is -2.16. The van der Waals surface area contributed by atoms with Crippen LogP contribution in [0.5, 0.6) is 0 Å². The van der Waals surface area contributed by atoms with Gasteiger partial charge in [-0.05, 0) is 25.8 Å². The molecule has 0 saturated carbocycles. The van der Waals surface area contributed by atoms with Crippen molar-refractivity contribution >= 4 is 5.91 Å². The van der Waals surface area contributed by atoms with E-state index in [0.29, 0.717) is 11.3 Å². The highest BCUT2D eigenvalue weighted by molar-refractivity contribution is 5.78. The minimum absolute atomic E-state index is 0.0206. The normalized spacial score (nSPS) is 13.0. The van der Waals surface area contributed by atoms with Crippen LogP contribution in [0, 0.1) is 19.8 Å². The number of aromatic nitrogens is 4. The number of alkyl halides is 3. The molecule has 2 heterocycles. The zero-order chi connectivity index (χ0) is 18.8. The third-order valence-corrected chi connectivity index (χ3v) is 3.75. The average Bonchev–Trinajstić information content (AvgIpc) is 3.02. The summed E-state index contributed by atoms with van der Waals surface area (Å²) in [6.45, 7) is 5.08. The number of aryl methyl sites for hydroxylation is 2. The van der Waals surface area contributed by atoms with Gasteiger partial charge in [0.2, 0.25) is 5.91 Å². The quantitative estimate of drug-likeness (QED) is 0.730. The van der Waals surface area contributed by atoms with E-state index in [1.54, 1.807) is 13.8 Å². The van der Waals surface area contributed by atoms with E-state index in [9.17, 15) is 22.8 Å². The van der Waals surface area contributed by atoms with Gasteiger partial charge < -0.3 is 10.4 Å². The Balaban J connectivity index is 1.92. The number of hydrogen-bond donors (Lipinski definition) is 3. The second kappa shape index (κ2) is 7.16. The molecule has 1 amide bonds. The maximum Gasteiger partial charge on any atom is 0.433 e. The Morgan fingerprint density at radius 2 is 2.04 bits per heavy atom. The summed E-state index contributed by atoms with van der Waals surface area (Å²) in [4.78, 5) is 23.4. The summed E-state index contributed by atoms with van der Waals surface area (Å²) in [6, 6.07) is 0.992. The first kappa shape index (κ1) is 18.8. The molecular weight excluding hydrogens is 339 g/mol. The average molecular weight is 359 g/mol. The van der Waals surface area contributed by atoms with Gasteiger partial charge in [-0.15, -0.1) is 0 Å². The summed E-state index contributed by atoms with van der Waals surface area (Å²) in [6.07, 6.45) is -4.57. The van der Waals surface area contributed by atoms with E-state index in [4.69, 9.17) is 0 Å². The van der Waals surface area contributed by atoms with Gasteiger partial charge in [0.15, 0.2) is 0 Å². The molecule has 138 valence electrons. The van der Waals surface area contributed by atoms with Gasteiger partial charge in [-0.2, -0.15) is 18.3 Å². The molecule has 0 aliphatic rings. The molecule has 2 rings (SSSR count). The molecule has 0 fully saturated rings. The number of rotatable bonds is 6. The van der Waals surface area contributed by atoms with Crippen molar-refractivity contribution in [2.24, 2.45) is 5.92 Å². The molecule has 2 aromatic heterocycles. The van der Waals surface area contributed by atoms with Crippen LogP contribution < -0.4 is 10.9 Å². The van der Waals surface area contributed by atoms with Crippen LogP contribution in [0.2, 0.25) is 0 Å². The molecule has 0 aliphatic carbocycles. The second-order valence-corrected chi connectivity index (χ2v) is 6.12. The highest BCUT2D eigenvalue weighted by atomic mass is 19.4. The fraction of sp³-hybridized carbons (Fsp3) is 0.533. The Kier molecular flexibility index (Phi) is 5.39. The number of amides is 1. The predicted molar refractivity (Wildman–Crippen MR) is 84.0 cm³/mol. The minimum Gasteiger partial charge on any atom is -0.355 e. The van der Waals surface area contributed by atoms with Gasteiger partial charge in [0.05, 0.1) is 12.1 Å². The second-order valence-electron chi connectivity index (χ2n) is 6.12. The number of carbonyl (C=O) groups excluding carboxylic acids is 1. The van der Waals surface area contributed by atoms with E-state index in [-0.39, 0.29) is 42.6 Å². The third-order valence-electron chi connectivity index (χ3n) is 3.75. The number of hydrogen-bond acceptors (Lipinski definition) is 3. The Labute approximate surface area is 141 Å². The van der Waals surface area contributed by atoms with Crippen molar-refractivity contribution < 1.29 is 18.0 Å². The first-order chi connectivity index (χ1) is 11.6. The maximum absolute atomic E-state index is 12.9. The van der Waals surface area contributed by atoms with Gasteiger partial charge in [-0.1, -0.05) is 6.92 Å². The van der Waals surface area contributed by atoms with Gasteiger partial charge in [-0.3, -0.25) is 19.4 Å². The molecule has 0 bridgehead atoms. The largest absolute Gasteiger partial charge is 0.433 e. The Morgan fingerprint density at radius 3 is 2.60 bits per heavy atom. The Morgan fingerprint density at radius 1 is 1.36 bits per heavy atom. The molecule has 0 saturated heterocycles. The summed E-state index contributed by atoms with van der Waals surface area (Å²) < 4.78 is 39.8. The van der Waals surface area contributed by atoms with Crippen LogP contribution in [0.1, 0.15) is 29.6 Å². The number of halogens is 3. The summed E-state index contributed by atoms with van der Waals surface area (Å²) in [5.41, 5.74) is 0.0353. The van der Waals surface area contributed by atoms with Crippen molar-refractivity contribution in [1.82, 2.24) is 25.3 Å². The zero-order valence-electron chi connectivity index (χ0n) is 14.1. The highest BCUT2D eigenvalue weighted by Gasteiger charge is 2.35. The molecule has 1 atom stereocenters. The van der Waals surface area contributed by atoms with Crippen LogP contribution in [-0.2, 0) is 23.9 Å². The SMILES string of the molecule is Cc1cc(C(F)(F)F)n(C[C@@H](C)CNC(=O)Cc2c(C)[nH][nH]c2=O)n1. The van der Waals surface area contributed by atoms with Crippen molar-refractivity contribution in [3.8, 4) is 0 Å². The topological polar surface area (TPSA) is 95.6 Å². The summed E-state index contributed by atoms with van der Waals surface area (Å²) >= 11 is 0. The van der Waals surface area contributed by atoms with Gasteiger partial charge >= 0.3 is 6.18 Å². The smallest absolute Gasteiger partial charge is 0.355 e. The number of aromatic amines is 2. The lowest BCUT2D eigenvalue weighted by atomic mass is 10.1. The van der Waals surface area contributed by atoms with Crippen LogP contribution in [0.3, 0.4) is 0 Å². The standard InChI is InChI=1S/C15H20F3N5O2/c1-8(7-23-12(15(16,17)18)4-9(2)22-23)6-19-13(24)5-11-10(3)20-21-14(11)25/h4,8H,5-7H2,1-3H3,(H,19,24)(H2,20,21,25)/t8-/m0/s1.